The largest absolute Gasteiger partial charge is 0.395 e. The molecule has 0 radical (unpaired) electrons. The third kappa shape index (κ3) is 2.43. The molecular formula is C13H19NO3S. The second kappa shape index (κ2) is 5.38. The minimum atomic E-state index is -3.48. The summed E-state index contributed by atoms with van der Waals surface area (Å²) in [5.74, 6) is 0.197. The highest BCUT2D eigenvalue weighted by Gasteiger charge is 2.36. The SMILES string of the molecule is CC1CCCN(S(=O)(=O)c2ccccc2)C1CO. The summed E-state index contributed by atoms with van der Waals surface area (Å²) in [5, 5.41) is 9.44. The lowest BCUT2D eigenvalue weighted by molar-refractivity contribution is 0.113. The molecule has 1 aromatic carbocycles. The van der Waals surface area contributed by atoms with Crippen molar-refractivity contribution >= 4 is 10.0 Å². The van der Waals surface area contributed by atoms with Crippen LogP contribution < -0.4 is 0 Å². The fourth-order valence-electron chi connectivity index (χ4n) is 2.51. The molecule has 1 saturated heterocycles. The number of benzene rings is 1. The standard InChI is InChI=1S/C13H19NO3S/c1-11-6-5-9-14(13(11)10-15)18(16,17)12-7-3-2-4-8-12/h2-4,7-8,11,13,15H,5-6,9-10H2,1H3. The van der Waals surface area contributed by atoms with E-state index in [2.05, 4.69) is 0 Å². The maximum Gasteiger partial charge on any atom is 0.243 e. The van der Waals surface area contributed by atoms with Crippen LogP contribution in [0.5, 0.6) is 0 Å². The van der Waals surface area contributed by atoms with Crippen LogP contribution in [0.15, 0.2) is 35.2 Å². The summed E-state index contributed by atoms with van der Waals surface area (Å²) in [6, 6.07) is 8.12. The van der Waals surface area contributed by atoms with Gasteiger partial charge in [0.05, 0.1) is 17.5 Å². The van der Waals surface area contributed by atoms with E-state index in [-0.39, 0.29) is 18.6 Å². The Kier molecular flexibility index (Phi) is 4.04. The third-order valence-corrected chi connectivity index (χ3v) is 5.54. The molecule has 1 aliphatic heterocycles. The molecule has 18 heavy (non-hydrogen) atoms. The van der Waals surface area contributed by atoms with Gasteiger partial charge in [-0.1, -0.05) is 25.1 Å². The molecule has 2 rings (SSSR count). The van der Waals surface area contributed by atoms with Crippen molar-refractivity contribution in [3.8, 4) is 0 Å². The maximum absolute atomic E-state index is 12.5. The van der Waals surface area contributed by atoms with E-state index in [0.29, 0.717) is 11.4 Å². The third-order valence-electron chi connectivity index (χ3n) is 3.60. The molecule has 0 aliphatic carbocycles. The molecule has 1 fully saturated rings. The molecule has 1 aromatic rings. The van der Waals surface area contributed by atoms with E-state index in [4.69, 9.17) is 0 Å². The van der Waals surface area contributed by atoms with Crippen LogP contribution in [0.3, 0.4) is 0 Å². The van der Waals surface area contributed by atoms with Crippen LogP contribution in [0.1, 0.15) is 19.8 Å². The molecule has 0 spiro atoms. The molecule has 100 valence electrons. The molecule has 0 amide bonds. The van der Waals surface area contributed by atoms with E-state index in [0.717, 1.165) is 12.8 Å². The van der Waals surface area contributed by atoms with Crippen LogP contribution >= 0.6 is 0 Å². The van der Waals surface area contributed by atoms with Crippen LogP contribution in [0.4, 0.5) is 0 Å². The number of aliphatic hydroxyl groups is 1. The fourth-order valence-corrected chi connectivity index (χ4v) is 4.28. The number of hydrogen-bond acceptors (Lipinski definition) is 3. The smallest absolute Gasteiger partial charge is 0.243 e. The highest BCUT2D eigenvalue weighted by Crippen LogP contribution is 2.28. The van der Waals surface area contributed by atoms with Crippen LogP contribution in [-0.4, -0.2) is 37.0 Å². The number of nitrogens with zero attached hydrogens (tertiary/aromatic N) is 1. The van der Waals surface area contributed by atoms with Crippen molar-refractivity contribution < 1.29 is 13.5 Å². The van der Waals surface area contributed by atoms with Gasteiger partial charge in [-0.05, 0) is 30.9 Å². The molecule has 2 unspecified atom stereocenters. The van der Waals surface area contributed by atoms with Crippen molar-refractivity contribution in [2.45, 2.75) is 30.7 Å². The molecule has 1 aliphatic rings. The van der Waals surface area contributed by atoms with Crippen molar-refractivity contribution in [2.75, 3.05) is 13.2 Å². The van der Waals surface area contributed by atoms with E-state index >= 15 is 0 Å². The van der Waals surface area contributed by atoms with Crippen molar-refractivity contribution in [1.29, 1.82) is 0 Å². The zero-order chi connectivity index (χ0) is 13.2. The predicted octanol–water partition coefficient (Wildman–Crippen LogP) is 1.47. The van der Waals surface area contributed by atoms with Crippen LogP contribution in [0, 0.1) is 5.92 Å². The van der Waals surface area contributed by atoms with Crippen LogP contribution in [0.2, 0.25) is 0 Å². The molecule has 4 nitrogen and oxygen atoms in total. The number of rotatable bonds is 3. The minimum absolute atomic E-state index is 0.118. The number of sulfonamides is 1. The number of piperidine rings is 1. The maximum atomic E-state index is 12.5. The van der Waals surface area contributed by atoms with Gasteiger partial charge in [0, 0.05) is 6.54 Å². The monoisotopic (exact) mass is 269 g/mol. The van der Waals surface area contributed by atoms with Crippen molar-refractivity contribution in [3.05, 3.63) is 30.3 Å². The summed E-state index contributed by atoms with van der Waals surface area (Å²) >= 11 is 0. The zero-order valence-electron chi connectivity index (χ0n) is 10.5. The lowest BCUT2D eigenvalue weighted by Crippen LogP contribution is -2.49. The Bertz CT molecular complexity index is 486. The minimum Gasteiger partial charge on any atom is -0.395 e. The Hall–Kier alpha value is -0.910. The first-order chi connectivity index (χ1) is 8.57. The number of hydrogen-bond donors (Lipinski definition) is 1. The van der Waals surface area contributed by atoms with Gasteiger partial charge in [0.2, 0.25) is 10.0 Å². The van der Waals surface area contributed by atoms with Gasteiger partial charge < -0.3 is 5.11 Å². The first kappa shape index (κ1) is 13.5. The first-order valence-corrected chi connectivity index (χ1v) is 7.69. The van der Waals surface area contributed by atoms with Gasteiger partial charge in [0.25, 0.3) is 0 Å². The molecule has 0 aromatic heterocycles. The molecule has 1 heterocycles. The van der Waals surface area contributed by atoms with Crippen LogP contribution in [0.25, 0.3) is 0 Å². The Morgan fingerprint density at radius 2 is 2.00 bits per heavy atom. The van der Waals surface area contributed by atoms with E-state index in [1.165, 1.54) is 4.31 Å². The average molecular weight is 269 g/mol. The van der Waals surface area contributed by atoms with Gasteiger partial charge in [-0.15, -0.1) is 0 Å². The number of aliphatic hydroxyl groups excluding tert-OH is 1. The van der Waals surface area contributed by atoms with Crippen molar-refractivity contribution in [1.82, 2.24) is 4.31 Å². The Balaban J connectivity index is 2.34. The summed E-state index contributed by atoms with van der Waals surface area (Å²) in [6.07, 6.45) is 1.82. The zero-order valence-corrected chi connectivity index (χ0v) is 11.3. The second-order valence-corrected chi connectivity index (χ2v) is 6.69. The van der Waals surface area contributed by atoms with E-state index < -0.39 is 10.0 Å². The molecular weight excluding hydrogens is 250 g/mol. The van der Waals surface area contributed by atoms with E-state index in [1.54, 1.807) is 30.3 Å². The molecule has 1 N–H and O–H groups in total. The normalized spacial score (nSPS) is 26.1. The van der Waals surface area contributed by atoms with Crippen molar-refractivity contribution in [3.63, 3.8) is 0 Å². The lowest BCUT2D eigenvalue weighted by Gasteiger charge is -2.37. The Morgan fingerprint density at radius 3 is 2.61 bits per heavy atom. The molecule has 2 atom stereocenters. The summed E-state index contributed by atoms with van der Waals surface area (Å²) in [6.45, 7) is 2.37. The topological polar surface area (TPSA) is 57.6 Å². The summed E-state index contributed by atoms with van der Waals surface area (Å²) in [4.78, 5) is 0.303. The highest BCUT2D eigenvalue weighted by atomic mass is 32.2. The van der Waals surface area contributed by atoms with Gasteiger partial charge in [0.1, 0.15) is 0 Å². The van der Waals surface area contributed by atoms with Gasteiger partial charge in [-0.2, -0.15) is 4.31 Å². The Labute approximate surface area is 108 Å². The van der Waals surface area contributed by atoms with E-state index in [1.807, 2.05) is 6.92 Å². The summed E-state index contributed by atoms with van der Waals surface area (Å²) < 4.78 is 26.5. The molecule has 5 heteroatoms. The quantitative estimate of drug-likeness (QED) is 0.904. The second-order valence-electron chi connectivity index (χ2n) is 4.80. The van der Waals surface area contributed by atoms with Gasteiger partial charge in [-0.25, -0.2) is 8.42 Å². The highest BCUT2D eigenvalue weighted by molar-refractivity contribution is 7.89. The van der Waals surface area contributed by atoms with Gasteiger partial charge in [-0.3, -0.25) is 0 Å². The fraction of sp³-hybridized carbons (Fsp3) is 0.538. The lowest BCUT2D eigenvalue weighted by atomic mass is 9.93. The van der Waals surface area contributed by atoms with E-state index in [9.17, 15) is 13.5 Å². The van der Waals surface area contributed by atoms with Crippen molar-refractivity contribution in [2.24, 2.45) is 5.92 Å². The Morgan fingerprint density at radius 1 is 1.33 bits per heavy atom. The van der Waals surface area contributed by atoms with Gasteiger partial charge >= 0.3 is 0 Å². The van der Waals surface area contributed by atoms with Gasteiger partial charge in [0.15, 0.2) is 0 Å². The molecule has 0 bridgehead atoms. The molecule has 0 saturated carbocycles. The summed E-state index contributed by atoms with van der Waals surface area (Å²) in [7, 11) is -3.48. The van der Waals surface area contributed by atoms with Crippen LogP contribution in [-0.2, 0) is 10.0 Å². The summed E-state index contributed by atoms with van der Waals surface area (Å²) in [5.41, 5.74) is 0. The first-order valence-electron chi connectivity index (χ1n) is 6.25. The average Bonchev–Trinajstić information content (AvgIpc) is 2.39. The predicted molar refractivity (Wildman–Crippen MR) is 69.6 cm³/mol.